The number of carbonyl (C=O) groups is 1. The van der Waals surface area contributed by atoms with Gasteiger partial charge in [0.05, 0.1) is 12.3 Å². The van der Waals surface area contributed by atoms with Crippen molar-refractivity contribution in [2.45, 2.75) is 20.3 Å². The predicted molar refractivity (Wildman–Crippen MR) is 93.9 cm³/mol. The topological polar surface area (TPSA) is 90.1 Å². The molecule has 0 aliphatic heterocycles. The average Bonchev–Trinajstić information content (AvgIpc) is 2.98. The highest BCUT2D eigenvalue weighted by Gasteiger charge is 2.19. The Bertz CT molecular complexity index is 910. The summed E-state index contributed by atoms with van der Waals surface area (Å²) in [6, 6.07) is 7.64. The number of hydrogen-bond donors (Lipinski definition) is 1. The van der Waals surface area contributed by atoms with Crippen LogP contribution in [0.15, 0.2) is 28.8 Å². The summed E-state index contributed by atoms with van der Waals surface area (Å²) in [5.41, 5.74) is 1.91. The van der Waals surface area contributed by atoms with Gasteiger partial charge in [0.1, 0.15) is 11.2 Å². The third-order valence-electron chi connectivity index (χ3n) is 3.61. The van der Waals surface area contributed by atoms with Gasteiger partial charge in [-0.05, 0) is 31.9 Å². The summed E-state index contributed by atoms with van der Waals surface area (Å²) < 4.78 is 10.1. The van der Waals surface area contributed by atoms with Gasteiger partial charge in [-0.2, -0.15) is 4.98 Å². The Labute approximate surface area is 149 Å². The van der Waals surface area contributed by atoms with Gasteiger partial charge in [0.15, 0.2) is 0 Å². The summed E-state index contributed by atoms with van der Waals surface area (Å²) in [4.78, 5) is 20.3. The molecule has 0 saturated carbocycles. The normalized spacial score (nSPS) is 10.8. The van der Waals surface area contributed by atoms with Crippen LogP contribution in [0.25, 0.3) is 11.1 Å². The van der Waals surface area contributed by atoms with Gasteiger partial charge in [-0.15, -0.1) is 0 Å². The van der Waals surface area contributed by atoms with Gasteiger partial charge in [-0.1, -0.05) is 35.0 Å². The van der Waals surface area contributed by atoms with E-state index in [1.165, 1.54) is 0 Å². The number of ether oxygens (including phenoxy) is 1. The molecule has 0 atom stereocenters. The van der Waals surface area contributed by atoms with E-state index >= 15 is 0 Å². The molecule has 0 aliphatic carbocycles. The number of hydrogen-bond acceptors (Lipinski definition) is 7. The molecule has 3 aromatic rings. The minimum atomic E-state index is -0.604. The largest absolute Gasteiger partial charge is 0.460 e. The van der Waals surface area contributed by atoms with Crippen LogP contribution in [0, 0.1) is 6.92 Å². The molecule has 0 amide bonds. The van der Waals surface area contributed by atoms with Crippen LogP contribution in [-0.4, -0.2) is 34.2 Å². The van der Waals surface area contributed by atoms with Crippen molar-refractivity contribution in [3.63, 3.8) is 0 Å². The first-order valence-corrected chi connectivity index (χ1v) is 8.26. The molecule has 2 aromatic heterocycles. The molecular weight excluding hydrogens is 344 g/mol. The highest BCUT2D eigenvalue weighted by Crippen LogP contribution is 2.24. The van der Waals surface area contributed by atoms with E-state index < -0.39 is 5.97 Å². The molecule has 0 radical (unpaired) electrons. The average molecular weight is 361 g/mol. The number of aryl methyl sites for hydroxylation is 1. The molecule has 0 bridgehead atoms. The van der Waals surface area contributed by atoms with E-state index in [1.54, 1.807) is 13.8 Å². The number of nitrogens with zero attached hydrogens (tertiary/aromatic N) is 3. The van der Waals surface area contributed by atoms with Gasteiger partial charge in [-0.3, -0.25) is 0 Å². The van der Waals surface area contributed by atoms with Gasteiger partial charge < -0.3 is 14.6 Å². The second-order valence-electron chi connectivity index (χ2n) is 5.33. The van der Waals surface area contributed by atoms with Gasteiger partial charge in [0, 0.05) is 11.6 Å². The molecule has 1 N–H and O–H groups in total. The number of aromatic nitrogens is 3. The number of carbonyl (C=O) groups excluding carboxylic acids is 1. The lowest BCUT2D eigenvalue weighted by atomic mass is 10.1. The minimum absolute atomic E-state index is 0.0641. The Morgan fingerprint density at radius 2 is 2.12 bits per heavy atom. The van der Waals surface area contributed by atoms with Crippen molar-refractivity contribution in [3.05, 3.63) is 46.4 Å². The van der Waals surface area contributed by atoms with E-state index in [-0.39, 0.29) is 18.1 Å². The number of anilines is 1. The fourth-order valence-corrected chi connectivity index (χ4v) is 2.65. The zero-order valence-electron chi connectivity index (χ0n) is 13.9. The second-order valence-corrected chi connectivity index (χ2v) is 5.74. The number of esters is 1. The first-order chi connectivity index (χ1) is 12.1. The van der Waals surface area contributed by atoms with Crippen LogP contribution in [0.5, 0.6) is 0 Å². The van der Waals surface area contributed by atoms with Crippen LogP contribution < -0.4 is 5.32 Å². The molecule has 25 heavy (non-hydrogen) atoms. The third kappa shape index (κ3) is 3.71. The molecule has 7 nitrogen and oxygen atoms in total. The van der Waals surface area contributed by atoms with Crippen LogP contribution in [0.4, 0.5) is 5.82 Å². The van der Waals surface area contributed by atoms with Crippen molar-refractivity contribution < 1.29 is 14.1 Å². The number of halogens is 1. The zero-order valence-corrected chi connectivity index (χ0v) is 14.6. The number of rotatable bonds is 6. The third-order valence-corrected chi connectivity index (χ3v) is 3.98. The van der Waals surface area contributed by atoms with Crippen LogP contribution in [0.3, 0.4) is 0 Å². The van der Waals surface area contributed by atoms with Crippen molar-refractivity contribution in [3.8, 4) is 0 Å². The van der Waals surface area contributed by atoms with E-state index in [0.717, 1.165) is 5.56 Å². The molecule has 0 fully saturated rings. The van der Waals surface area contributed by atoms with Crippen molar-refractivity contribution in [2.75, 3.05) is 18.5 Å². The fourth-order valence-electron chi connectivity index (χ4n) is 2.42. The monoisotopic (exact) mass is 360 g/mol. The van der Waals surface area contributed by atoms with E-state index in [4.69, 9.17) is 20.9 Å². The molecule has 0 aliphatic rings. The maximum atomic E-state index is 11.9. The maximum Gasteiger partial charge on any atom is 0.376 e. The van der Waals surface area contributed by atoms with Crippen molar-refractivity contribution in [1.29, 1.82) is 0 Å². The molecule has 3 rings (SSSR count). The van der Waals surface area contributed by atoms with E-state index in [2.05, 4.69) is 20.4 Å². The Morgan fingerprint density at radius 1 is 1.32 bits per heavy atom. The molecule has 8 heteroatoms. The minimum Gasteiger partial charge on any atom is -0.460 e. The molecule has 1 aromatic carbocycles. The lowest BCUT2D eigenvalue weighted by Crippen LogP contribution is -2.13. The fraction of sp³-hybridized carbons (Fsp3) is 0.294. The highest BCUT2D eigenvalue weighted by atomic mass is 35.5. The summed E-state index contributed by atoms with van der Waals surface area (Å²) in [7, 11) is 0. The van der Waals surface area contributed by atoms with Gasteiger partial charge in [-0.25, -0.2) is 9.78 Å². The van der Waals surface area contributed by atoms with Gasteiger partial charge >= 0.3 is 5.97 Å². The lowest BCUT2D eigenvalue weighted by Gasteiger charge is -2.09. The smallest absolute Gasteiger partial charge is 0.376 e. The van der Waals surface area contributed by atoms with Crippen LogP contribution in [-0.2, 0) is 11.2 Å². The van der Waals surface area contributed by atoms with E-state index in [1.807, 2.05) is 24.3 Å². The summed E-state index contributed by atoms with van der Waals surface area (Å²) >= 11 is 6.17. The van der Waals surface area contributed by atoms with Crippen LogP contribution in [0.1, 0.15) is 28.8 Å². The second kappa shape index (κ2) is 7.48. The zero-order chi connectivity index (χ0) is 17.8. The lowest BCUT2D eigenvalue weighted by molar-refractivity contribution is 0.0512. The maximum absolute atomic E-state index is 11.9. The Kier molecular flexibility index (Phi) is 5.14. The van der Waals surface area contributed by atoms with Crippen LogP contribution in [0.2, 0.25) is 5.02 Å². The summed E-state index contributed by atoms with van der Waals surface area (Å²) in [6.07, 6.45) is 0.699. The number of benzene rings is 1. The molecule has 0 unspecified atom stereocenters. The van der Waals surface area contributed by atoms with Crippen molar-refractivity contribution in [2.24, 2.45) is 0 Å². The van der Waals surface area contributed by atoms with E-state index in [9.17, 15) is 4.79 Å². The van der Waals surface area contributed by atoms with E-state index in [0.29, 0.717) is 34.9 Å². The Morgan fingerprint density at radius 3 is 2.88 bits per heavy atom. The van der Waals surface area contributed by atoms with Gasteiger partial charge in [0.2, 0.25) is 5.82 Å². The molecular formula is C17H17ClN4O3. The summed E-state index contributed by atoms with van der Waals surface area (Å²) in [5, 5.41) is 8.46. The predicted octanol–water partition coefficient (Wildman–Crippen LogP) is 3.41. The van der Waals surface area contributed by atoms with Crippen LogP contribution >= 0.6 is 11.6 Å². The molecule has 0 saturated heterocycles. The number of nitrogens with one attached hydrogen (secondary N) is 1. The molecule has 0 spiro atoms. The van der Waals surface area contributed by atoms with Gasteiger partial charge in [0.25, 0.3) is 5.71 Å². The summed E-state index contributed by atoms with van der Waals surface area (Å²) in [6.45, 7) is 4.32. The Balaban J connectivity index is 1.85. The quantitative estimate of drug-likeness (QED) is 0.673. The molecule has 130 valence electrons. The highest BCUT2D eigenvalue weighted by molar-refractivity contribution is 6.31. The number of fused-ring (bicyclic) bond motifs is 1. The van der Waals surface area contributed by atoms with Crippen molar-refractivity contribution in [1.82, 2.24) is 15.1 Å². The standard InChI is InChI=1S/C17H17ClN4O3/c1-3-24-17(23)15-20-14(13-10(2)22-25-16(13)21-15)19-9-8-11-6-4-5-7-12(11)18/h4-7H,3,8-9H2,1-2H3,(H,19,20,21). The Hall–Kier alpha value is -2.67. The first-order valence-electron chi connectivity index (χ1n) is 7.88. The first kappa shape index (κ1) is 17.2. The SMILES string of the molecule is CCOC(=O)c1nc(NCCc2ccccc2Cl)c2c(C)noc2n1. The van der Waals surface area contributed by atoms with Crippen molar-refractivity contribution >= 4 is 34.5 Å². The molecule has 2 heterocycles. The summed E-state index contributed by atoms with van der Waals surface area (Å²) in [5.74, 6) is -0.183.